The van der Waals surface area contributed by atoms with Gasteiger partial charge in [-0.1, -0.05) is 0 Å². The summed E-state index contributed by atoms with van der Waals surface area (Å²) in [5.41, 5.74) is 0. The molecular formula is C11H18N4O3S. The molecule has 1 aromatic heterocycles. The minimum absolute atomic E-state index is 0.0643. The normalized spacial score (nSPS) is 17.1. The van der Waals surface area contributed by atoms with E-state index >= 15 is 0 Å². The van der Waals surface area contributed by atoms with Crippen molar-refractivity contribution >= 4 is 15.9 Å². The van der Waals surface area contributed by atoms with Gasteiger partial charge in [0.05, 0.1) is 18.5 Å². The maximum absolute atomic E-state index is 11.7. The number of carbonyl (C=O) groups is 1. The van der Waals surface area contributed by atoms with Gasteiger partial charge in [-0.25, -0.2) is 17.7 Å². The van der Waals surface area contributed by atoms with Crippen LogP contribution >= 0.6 is 0 Å². The van der Waals surface area contributed by atoms with E-state index in [4.69, 9.17) is 0 Å². The fraction of sp³-hybridized carbons (Fsp3) is 0.636. The van der Waals surface area contributed by atoms with Gasteiger partial charge in [0.2, 0.25) is 15.9 Å². The standard InChI is InChI=1S/C11H18N4O3S/c1-19(17,18)15-7-10(8-15)11(16)13-3-2-5-14-6-4-12-9-14/h4,6,9-10H,2-3,5,7-8H2,1H3,(H,13,16). The van der Waals surface area contributed by atoms with Crippen LogP contribution in [0.4, 0.5) is 0 Å². The Morgan fingerprint density at radius 3 is 2.79 bits per heavy atom. The molecular weight excluding hydrogens is 268 g/mol. The zero-order chi connectivity index (χ0) is 13.9. The molecule has 0 spiro atoms. The molecule has 0 aliphatic carbocycles. The van der Waals surface area contributed by atoms with Crippen molar-refractivity contribution in [2.45, 2.75) is 13.0 Å². The van der Waals surface area contributed by atoms with Crippen LogP contribution in [0, 0.1) is 5.92 Å². The Labute approximate surface area is 112 Å². The van der Waals surface area contributed by atoms with Gasteiger partial charge in [0.1, 0.15) is 0 Å². The molecule has 0 aromatic carbocycles. The Morgan fingerprint density at radius 1 is 1.47 bits per heavy atom. The van der Waals surface area contributed by atoms with Gasteiger partial charge in [0.25, 0.3) is 0 Å². The third-order valence-electron chi connectivity index (χ3n) is 3.14. The van der Waals surface area contributed by atoms with Crippen LogP contribution in [0.25, 0.3) is 0 Å². The SMILES string of the molecule is CS(=O)(=O)N1CC(C(=O)NCCCn2ccnc2)C1. The number of carbonyl (C=O) groups excluding carboxylic acids is 1. The van der Waals surface area contributed by atoms with Crippen molar-refractivity contribution in [1.29, 1.82) is 0 Å². The number of amides is 1. The summed E-state index contributed by atoms with van der Waals surface area (Å²) in [6.07, 6.45) is 7.30. The van der Waals surface area contributed by atoms with E-state index in [2.05, 4.69) is 10.3 Å². The van der Waals surface area contributed by atoms with Crippen LogP contribution in [0.5, 0.6) is 0 Å². The quantitative estimate of drug-likeness (QED) is 0.700. The van der Waals surface area contributed by atoms with Crippen molar-refractivity contribution in [2.75, 3.05) is 25.9 Å². The molecule has 1 amide bonds. The molecule has 1 aromatic rings. The molecule has 2 rings (SSSR count). The molecule has 1 saturated heterocycles. The third kappa shape index (κ3) is 3.77. The number of nitrogens with one attached hydrogen (secondary N) is 1. The van der Waals surface area contributed by atoms with Crippen molar-refractivity contribution in [3.8, 4) is 0 Å². The number of hydrogen-bond donors (Lipinski definition) is 1. The van der Waals surface area contributed by atoms with Crippen LogP contribution < -0.4 is 5.32 Å². The number of rotatable bonds is 6. The average Bonchev–Trinajstić information content (AvgIpc) is 2.72. The Hall–Kier alpha value is -1.41. The number of hydrogen-bond acceptors (Lipinski definition) is 4. The van der Waals surface area contributed by atoms with Crippen LogP contribution in [-0.4, -0.2) is 54.1 Å². The molecule has 0 radical (unpaired) electrons. The fourth-order valence-corrected chi connectivity index (χ4v) is 2.81. The van der Waals surface area contributed by atoms with Gasteiger partial charge in [0.15, 0.2) is 0 Å². The Morgan fingerprint density at radius 2 is 2.21 bits per heavy atom. The van der Waals surface area contributed by atoms with Crippen LogP contribution in [-0.2, 0) is 21.4 Å². The molecule has 106 valence electrons. The topological polar surface area (TPSA) is 84.3 Å². The summed E-state index contributed by atoms with van der Waals surface area (Å²) in [6.45, 7) is 1.99. The minimum atomic E-state index is -3.14. The van der Waals surface area contributed by atoms with E-state index in [1.165, 1.54) is 4.31 Å². The van der Waals surface area contributed by atoms with Crippen LogP contribution in [0.2, 0.25) is 0 Å². The van der Waals surface area contributed by atoms with Gasteiger partial charge in [-0.2, -0.15) is 0 Å². The number of imidazole rings is 1. The molecule has 0 bridgehead atoms. The molecule has 0 unspecified atom stereocenters. The van der Waals surface area contributed by atoms with Crippen molar-refractivity contribution in [3.05, 3.63) is 18.7 Å². The van der Waals surface area contributed by atoms with Crippen molar-refractivity contribution in [1.82, 2.24) is 19.2 Å². The molecule has 2 heterocycles. The lowest BCUT2D eigenvalue weighted by atomic mass is 10.0. The predicted octanol–water partition coefficient (Wildman–Crippen LogP) is -0.719. The van der Waals surface area contributed by atoms with E-state index in [9.17, 15) is 13.2 Å². The average molecular weight is 286 g/mol. The summed E-state index contributed by atoms with van der Waals surface area (Å²) < 4.78 is 25.6. The summed E-state index contributed by atoms with van der Waals surface area (Å²) in [6, 6.07) is 0. The molecule has 0 atom stereocenters. The smallest absolute Gasteiger partial charge is 0.225 e. The van der Waals surface area contributed by atoms with Gasteiger partial charge in [-0.3, -0.25) is 4.79 Å². The molecule has 19 heavy (non-hydrogen) atoms. The highest BCUT2D eigenvalue weighted by Gasteiger charge is 2.37. The van der Waals surface area contributed by atoms with Gasteiger partial charge >= 0.3 is 0 Å². The summed E-state index contributed by atoms with van der Waals surface area (Å²) in [5.74, 6) is -0.270. The van der Waals surface area contributed by atoms with E-state index in [1.54, 1.807) is 12.5 Å². The predicted molar refractivity (Wildman–Crippen MR) is 69.8 cm³/mol. The van der Waals surface area contributed by atoms with E-state index in [1.807, 2.05) is 10.8 Å². The number of sulfonamides is 1. The summed E-state index contributed by atoms with van der Waals surface area (Å²) in [5, 5.41) is 2.82. The highest BCUT2D eigenvalue weighted by atomic mass is 32.2. The molecule has 1 aliphatic heterocycles. The van der Waals surface area contributed by atoms with Crippen LogP contribution in [0.15, 0.2) is 18.7 Å². The van der Waals surface area contributed by atoms with Gasteiger partial charge in [0, 0.05) is 38.6 Å². The highest BCUT2D eigenvalue weighted by molar-refractivity contribution is 7.88. The first-order chi connectivity index (χ1) is 8.97. The molecule has 1 aliphatic rings. The largest absolute Gasteiger partial charge is 0.356 e. The Kier molecular flexibility index (Phi) is 4.20. The number of aromatic nitrogens is 2. The lowest BCUT2D eigenvalue weighted by molar-refractivity contribution is -0.128. The second kappa shape index (κ2) is 5.70. The maximum Gasteiger partial charge on any atom is 0.225 e. The Bertz CT molecular complexity index is 520. The van der Waals surface area contributed by atoms with E-state index in [-0.39, 0.29) is 11.8 Å². The zero-order valence-electron chi connectivity index (χ0n) is 10.8. The van der Waals surface area contributed by atoms with Gasteiger partial charge < -0.3 is 9.88 Å². The zero-order valence-corrected chi connectivity index (χ0v) is 11.6. The summed E-state index contributed by atoms with van der Waals surface area (Å²) in [4.78, 5) is 15.6. The monoisotopic (exact) mass is 286 g/mol. The lowest BCUT2D eigenvalue weighted by Crippen LogP contribution is -2.55. The van der Waals surface area contributed by atoms with Crippen LogP contribution in [0.3, 0.4) is 0 Å². The maximum atomic E-state index is 11.7. The molecule has 0 saturated carbocycles. The highest BCUT2D eigenvalue weighted by Crippen LogP contribution is 2.18. The van der Waals surface area contributed by atoms with Gasteiger partial charge in [-0.15, -0.1) is 0 Å². The van der Waals surface area contributed by atoms with Crippen molar-refractivity contribution < 1.29 is 13.2 Å². The third-order valence-corrected chi connectivity index (χ3v) is 4.38. The molecule has 1 N–H and O–H groups in total. The fourth-order valence-electron chi connectivity index (χ4n) is 1.91. The Balaban J connectivity index is 1.61. The van der Waals surface area contributed by atoms with Crippen molar-refractivity contribution in [3.63, 3.8) is 0 Å². The van der Waals surface area contributed by atoms with E-state index in [0.717, 1.165) is 19.2 Å². The van der Waals surface area contributed by atoms with E-state index < -0.39 is 10.0 Å². The summed E-state index contributed by atoms with van der Waals surface area (Å²) >= 11 is 0. The van der Waals surface area contributed by atoms with Crippen molar-refractivity contribution in [2.24, 2.45) is 5.92 Å². The minimum Gasteiger partial charge on any atom is -0.356 e. The first-order valence-corrected chi connectivity index (χ1v) is 8.00. The molecule has 8 heteroatoms. The summed E-state index contributed by atoms with van der Waals surface area (Å²) in [7, 11) is -3.14. The van der Waals surface area contributed by atoms with Crippen LogP contribution in [0.1, 0.15) is 6.42 Å². The second-order valence-corrected chi connectivity index (χ2v) is 6.70. The molecule has 7 nitrogen and oxygen atoms in total. The first-order valence-electron chi connectivity index (χ1n) is 6.15. The number of aryl methyl sites for hydroxylation is 1. The van der Waals surface area contributed by atoms with E-state index in [0.29, 0.717) is 19.6 Å². The molecule has 1 fully saturated rings. The lowest BCUT2D eigenvalue weighted by Gasteiger charge is -2.35. The first kappa shape index (κ1) is 14.0. The van der Waals surface area contributed by atoms with Gasteiger partial charge in [-0.05, 0) is 6.42 Å². The number of nitrogens with zero attached hydrogens (tertiary/aromatic N) is 3. The second-order valence-electron chi connectivity index (χ2n) is 4.72.